The number of pyridine rings is 1. The van der Waals surface area contributed by atoms with E-state index in [0.717, 1.165) is 17.8 Å². The zero-order valence-corrected chi connectivity index (χ0v) is 10.8. The number of benzene rings is 1. The number of aromatic nitrogens is 1. The highest BCUT2D eigenvalue weighted by atomic mass is 15.2. The molecule has 3 heteroatoms. The monoisotopic (exact) mass is 241 g/mol. The van der Waals surface area contributed by atoms with Crippen LogP contribution in [0.4, 0.5) is 5.69 Å². The molecule has 1 aromatic carbocycles. The van der Waals surface area contributed by atoms with Gasteiger partial charge in [-0.25, -0.2) is 0 Å². The molecule has 0 atom stereocenters. The van der Waals surface area contributed by atoms with Gasteiger partial charge in [0.25, 0.3) is 0 Å². The van der Waals surface area contributed by atoms with Crippen molar-refractivity contribution in [2.75, 3.05) is 11.4 Å². The van der Waals surface area contributed by atoms with E-state index in [1.54, 1.807) is 0 Å². The van der Waals surface area contributed by atoms with Crippen LogP contribution in [0.3, 0.4) is 0 Å². The topological polar surface area (TPSA) is 42.1 Å². The molecule has 94 valence electrons. The highest BCUT2D eigenvalue weighted by molar-refractivity contribution is 5.92. The van der Waals surface area contributed by atoms with Gasteiger partial charge in [0.15, 0.2) is 0 Å². The molecule has 1 aromatic heterocycles. The Labute approximate surface area is 108 Å². The Morgan fingerprint density at radius 2 is 2.11 bits per heavy atom. The Kier molecular flexibility index (Phi) is 2.92. The molecule has 3 nitrogen and oxygen atoms in total. The highest BCUT2D eigenvalue weighted by Gasteiger charge is 2.29. The summed E-state index contributed by atoms with van der Waals surface area (Å²) in [5.41, 5.74) is 9.08. The molecule has 1 heterocycles. The molecule has 0 unspecified atom stereocenters. The zero-order valence-electron chi connectivity index (χ0n) is 10.8. The second kappa shape index (κ2) is 4.58. The van der Waals surface area contributed by atoms with Crippen LogP contribution in [0.15, 0.2) is 30.3 Å². The van der Waals surface area contributed by atoms with E-state index in [9.17, 15) is 0 Å². The fourth-order valence-electron chi connectivity index (χ4n) is 2.56. The standard InChI is InChI=1S/C15H19N3/c1-2-18(12-7-8-12)15-9-11(10-16)17-14-6-4-3-5-13(14)15/h3-6,9,12H,2,7-8,10,16H2,1H3. The average molecular weight is 241 g/mol. The quantitative estimate of drug-likeness (QED) is 0.895. The molecule has 1 saturated carbocycles. The van der Waals surface area contributed by atoms with Gasteiger partial charge in [-0.3, -0.25) is 4.98 Å². The van der Waals surface area contributed by atoms with Gasteiger partial charge in [0.2, 0.25) is 0 Å². The third kappa shape index (κ3) is 1.95. The largest absolute Gasteiger partial charge is 0.368 e. The van der Waals surface area contributed by atoms with Crippen LogP contribution in [0.25, 0.3) is 10.9 Å². The highest BCUT2D eigenvalue weighted by Crippen LogP contribution is 2.35. The summed E-state index contributed by atoms with van der Waals surface area (Å²) >= 11 is 0. The molecule has 3 rings (SSSR count). The third-order valence-corrected chi connectivity index (χ3v) is 3.59. The molecule has 0 bridgehead atoms. The molecule has 0 amide bonds. The van der Waals surface area contributed by atoms with Crippen molar-refractivity contribution in [3.8, 4) is 0 Å². The number of rotatable bonds is 4. The smallest absolute Gasteiger partial charge is 0.0726 e. The Bertz CT molecular complexity index is 561. The normalized spacial score (nSPS) is 15.0. The number of para-hydroxylation sites is 1. The molecular formula is C15H19N3. The van der Waals surface area contributed by atoms with Gasteiger partial charge in [0.1, 0.15) is 0 Å². The number of anilines is 1. The summed E-state index contributed by atoms with van der Waals surface area (Å²) in [5.74, 6) is 0. The van der Waals surface area contributed by atoms with Crippen LogP contribution in [-0.4, -0.2) is 17.6 Å². The fourth-order valence-corrected chi connectivity index (χ4v) is 2.56. The number of fused-ring (bicyclic) bond motifs is 1. The minimum absolute atomic E-state index is 0.500. The minimum atomic E-state index is 0.500. The SMILES string of the molecule is CCN(c1cc(CN)nc2ccccc12)C1CC1. The molecule has 2 N–H and O–H groups in total. The van der Waals surface area contributed by atoms with Crippen molar-refractivity contribution in [1.82, 2.24) is 4.98 Å². The first-order valence-electron chi connectivity index (χ1n) is 6.69. The summed E-state index contributed by atoms with van der Waals surface area (Å²) in [6, 6.07) is 11.2. The summed E-state index contributed by atoms with van der Waals surface area (Å²) in [7, 11) is 0. The maximum atomic E-state index is 5.76. The molecule has 1 aliphatic rings. The molecule has 0 radical (unpaired) electrons. The average Bonchev–Trinajstić information content (AvgIpc) is 3.24. The number of hydrogen-bond acceptors (Lipinski definition) is 3. The number of nitrogens with zero attached hydrogens (tertiary/aromatic N) is 2. The molecule has 18 heavy (non-hydrogen) atoms. The Morgan fingerprint density at radius 3 is 2.78 bits per heavy atom. The van der Waals surface area contributed by atoms with Gasteiger partial charge in [0.05, 0.1) is 11.2 Å². The lowest BCUT2D eigenvalue weighted by atomic mass is 10.1. The van der Waals surface area contributed by atoms with Crippen LogP contribution >= 0.6 is 0 Å². The van der Waals surface area contributed by atoms with Crippen molar-refractivity contribution in [2.45, 2.75) is 32.4 Å². The van der Waals surface area contributed by atoms with E-state index in [-0.39, 0.29) is 0 Å². The predicted octanol–water partition coefficient (Wildman–Crippen LogP) is 2.68. The zero-order chi connectivity index (χ0) is 12.5. The molecule has 0 spiro atoms. The van der Waals surface area contributed by atoms with Gasteiger partial charge in [0, 0.05) is 30.2 Å². The summed E-state index contributed by atoms with van der Waals surface area (Å²) in [6.07, 6.45) is 2.62. The van der Waals surface area contributed by atoms with Gasteiger partial charge < -0.3 is 10.6 Å². The summed E-state index contributed by atoms with van der Waals surface area (Å²) in [5, 5.41) is 1.24. The lowest BCUT2D eigenvalue weighted by Gasteiger charge is -2.25. The Balaban J connectivity index is 2.18. The number of hydrogen-bond donors (Lipinski definition) is 1. The molecular weight excluding hydrogens is 222 g/mol. The summed E-state index contributed by atoms with van der Waals surface area (Å²) in [6.45, 7) is 3.76. The summed E-state index contributed by atoms with van der Waals surface area (Å²) in [4.78, 5) is 7.09. The van der Waals surface area contributed by atoms with Gasteiger partial charge in [-0.1, -0.05) is 18.2 Å². The maximum Gasteiger partial charge on any atom is 0.0726 e. The first-order valence-corrected chi connectivity index (χ1v) is 6.69. The third-order valence-electron chi connectivity index (χ3n) is 3.59. The van der Waals surface area contributed by atoms with Crippen molar-refractivity contribution in [1.29, 1.82) is 0 Å². The van der Waals surface area contributed by atoms with Crippen molar-refractivity contribution in [3.05, 3.63) is 36.0 Å². The van der Waals surface area contributed by atoms with Crippen molar-refractivity contribution in [3.63, 3.8) is 0 Å². The number of nitrogens with two attached hydrogens (primary N) is 1. The van der Waals surface area contributed by atoms with E-state index in [1.165, 1.54) is 23.9 Å². The van der Waals surface area contributed by atoms with Crippen LogP contribution in [0.1, 0.15) is 25.5 Å². The van der Waals surface area contributed by atoms with Crippen molar-refractivity contribution >= 4 is 16.6 Å². The minimum Gasteiger partial charge on any atom is -0.368 e. The molecule has 0 saturated heterocycles. The van der Waals surface area contributed by atoms with Gasteiger partial charge in [-0.15, -0.1) is 0 Å². The van der Waals surface area contributed by atoms with Crippen LogP contribution in [0, 0.1) is 0 Å². The molecule has 1 fully saturated rings. The second-order valence-corrected chi connectivity index (χ2v) is 4.87. The molecule has 2 aromatic rings. The Hall–Kier alpha value is -1.61. The second-order valence-electron chi connectivity index (χ2n) is 4.87. The Morgan fingerprint density at radius 1 is 1.33 bits per heavy atom. The van der Waals surface area contributed by atoms with Gasteiger partial charge >= 0.3 is 0 Å². The van der Waals surface area contributed by atoms with Crippen LogP contribution in [0.2, 0.25) is 0 Å². The summed E-state index contributed by atoms with van der Waals surface area (Å²) < 4.78 is 0. The van der Waals surface area contributed by atoms with Crippen LogP contribution < -0.4 is 10.6 Å². The van der Waals surface area contributed by atoms with Crippen molar-refractivity contribution < 1.29 is 0 Å². The van der Waals surface area contributed by atoms with E-state index < -0.39 is 0 Å². The van der Waals surface area contributed by atoms with Crippen molar-refractivity contribution in [2.24, 2.45) is 5.73 Å². The maximum absolute atomic E-state index is 5.76. The lowest BCUT2D eigenvalue weighted by molar-refractivity contribution is 0.827. The van der Waals surface area contributed by atoms with E-state index in [4.69, 9.17) is 5.73 Å². The van der Waals surface area contributed by atoms with E-state index in [0.29, 0.717) is 12.6 Å². The van der Waals surface area contributed by atoms with Gasteiger partial charge in [-0.2, -0.15) is 0 Å². The van der Waals surface area contributed by atoms with Crippen LogP contribution in [0.5, 0.6) is 0 Å². The predicted molar refractivity (Wildman–Crippen MR) is 75.7 cm³/mol. The molecule has 0 aliphatic heterocycles. The van der Waals surface area contributed by atoms with E-state index >= 15 is 0 Å². The lowest BCUT2D eigenvalue weighted by Crippen LogP contribution is -2.25. The first-order chi connectivity index (χ1) is 8.83. The van der Waals surface area contributed by atoms with Crippen LogP contribution in [-0.2, 0) is 6.54 Å². The van der Waals surface area contributed by atoms with E-state index in [2.05, 4.69) is 41.1 Å². The van der Waals surface area contributed by atoms with Gasteiger partial charge in [-0.05, 0) is 31.9 Å². The molecule has 1 aliphatic carbocycles. The first kappa shape index (κ1) is 11.5. The fraction of sp³-hybridized carbons (Fsp3) is 0.400. The van der Waals surface area contributed by atoms with E-state index in [1.807, 2.05) is 6.07 Å².